The lowest BCUT2D eigenvalue weighted by molar-refractivity contribution is -0.114. The molecule has 0 aromatic heterocycles. The zero-order valence-electron chi connectivity index (χ0n) is 14.2. The smallest absolute Gasteiger partial charge is 0.335 e. The van der Waals surface area contributed by atoms with Crippen molar-refractivity contribution in [3.8, 4) is 0 Å². The van der Waals surface area contributed by atoms with Gasteiger partial charge in [0.1, 0.15) is 0 Å². The Balaban J connectivity index is 0.000000187. The lowest BCUT2D eigenvalue weighted by Crippen LogP contribution is -2.29. The highest BCUT2D eigenvalue weighted by Gasteiger charge is 2.33. The SMILES string of the molecule is CCN1C(=O)C(=O)c2ccccc21.Cc1cc(C(=O)O)cc(C(=O)O)c1. The van der Waals surface area contributed by atoms with Crippen molar-refractivity contribution >= 4 is 29.3 Å². The van der Waals surface area contributed by atoms with Crippen molar-refractivity contribution in [3.05, 3.63) is 64.7 Å². The van der Waals surface area contributed by atoms with Crippen LogP contribution in [0.4, 0.5) is 5.69 Å². The van der Waals surface area contributed by atoms with E-state index in [0.29, 0.717) is 17.7 Å². The molecule has 2 aromatic carbocycles. The number of Topliss-reactive ketones (excluding diaryl/α,β-unsaturated/α-hetero) is 1. The molecule has 26 heavy (non-hydrogen) atoms. The Morgan fingerprint density at radius 1 is 0.962 bits per heavy atom. The van der Waals surface area contributed by atoms with E-state index in [-0.39, 0.29) is 11.1 Å². The molecule has 3 rings (SSSR count). The highest BCUT2D eigenvalue weighted by molar-refractivity contribution is 6.52. The van der Waals surface area contributed by atoms with Crippen molar-refractivity contribution < 1.29 is 29.4 Å². The molecule has 2 aromatic rings. The Morgan fingerprint density at radius 2 is 1.50 bits per heavy atom. The molecule has 0 spiro atoms. The van der Waals surface area contributed by atoms with Crippen LogP contribution in [0.1, 0.15) is 43.6 Å². The van der Waals surface area contributed by atoms with E-state index in [2.05, 4.69) is 0 Å². The van der Waals surface area contributed by atoms with Crippen molar-refractivity contribution in [2.45, 2.75) is 13.8 Å². The zero-order chi connectivity index (χ0) is 19.4. The summed E-state index contributed by atoms with van der Waals surface area (Å²) in [4.78, 5) is 45.3. The number of fused-ring (bicyclic) bond motifs is 1. The van der Waals surface area contributed by atoms with Crippen LogP contribution in [0.5, 0.6) is 0 Å². The summed E-state index contributed by atoms with van der Waals surface area (Å²) in [7, 11) is 0. The second kappa shape index (κ2) is 7.60. The van der Waals surface area contributed by atoms with E-state index in [1.165, 1.54) is 17.0 Å². The van der Waals surface area contributed by atoms with Gasteiger partial charge in [0.05, 0.1) is 22.4 Å². The number of anilines is 1. The number of nitrogens with zero attached hydrogens (tertiary/aromatic N) is 1. The molecule has 1 heterocycles. The van der Waals surface area contributed by atoms with E-state index in [0.717, 1.165) is 11.8 Å². The van der Waals surface area contributed by atoms with E-state index in [4.69, 9.17) is 10.2 Å². The number of aryl methyl sites for hydroxylation is 1. The van der Waals surface area contributed by atoms with E-state index in [1.54, 1.807) is 25.1 Å². The molecule has 0 aliphatic carbocycles. The third kappa shape index (κ3) is 3.77. The number of ketones is 1. The number of carbonyl (C=O) groups excluding carboxylic acids is 2. The van der Waals surface area contributed by atoms with Gasteiger partial charge < -0.3 is 15.1 Å². The summed E-state index contributed by atoms with van der Waals surface area (Å²) in [6.07, 6.45) is 0. The number of para-hydroxylation sites is 1. The minimum Gasteiger partial charge on any atom is -0.478 e. The van der Waals surface area contributed by atoms with Crippen molar-refractivity contribution in [3.63, 3.8) is 0 Å². The van der Waals surface area contributed by atoms with Crippen molar-refractivity contribution in [2.75, 3.05) is 11.4 Å². The third-order valence-electron chi connectivity index (χ3n) is 3.77. The van der Waals surface area contributed by atoms with E-state index in [1.807, 2.05) is 13.0 Å². The van der Waals surface area contributed by atoms with Gasteiger partial charge in [-0.1, -0.05) is 12.1 Å². The molecule has 134 valence electrons. The van der Waals surface area contributed by atoms with E-state index < -0.39 is 23.6 Å². The number of aromatic carboxylic acids is 2. The number of hydrogen-bond donors (Lipinski definition) is 2. The van der Waals surface area contributed by atoms with Crippen LogP contribution in [0.25, 0.3) is 0 Å². The molecular weight excluding hydrogens is 338 g/mol. The molecule has 0 radical (unpaired) electrons. The van der Waals surface area contributed by atoms with Gasteiger partial charge in [0, 0.05) is 6.54 Å². The van der Waals surface area contributed by atoms with Crippen LogP contribution in [0.3, 0.4) is 0 Å². The summed E-state index contributed by atoms with van der Waals surface area (Å²) < 4.78 is 0. The molecule has 0 unspecified atom stereocenters. The lowest BCUT2D eigenvalue weighted by atomic mass is 10.1. The van der Waals surface area contributed by atoms with Crippen molar-refractivity contribution in [2.24, 2.45) is 0 Å². The predicted octanol–water partition coefficient (Wildman–Crippen LogP) is 2.63. The second-order valence-corrected chi connectivity index (χ2v) is 5.59. The standard InChI is InChI=1S/C10H9NO2.C9H8O4/c1-2-11-8-6-4-3-5-7(8)9(12)10(11)13;1-5-2-6(8(10)11)4-7(3-5)9(12)13/h3-6H,2H2,1H3;2-4H,1H3,(H,10,11)(H,12,13). The van der Waals surface area contributed by atoms with Crippen LogP contribution in [0, 0.1) is 6.92 Å². The van der Waals surface area contributed by atoms with Crippen molar-refractivity contribution in [1.29, 1.82) is 0 Å². The molecule has 7 heteroatoms. The molecule has 0 saturated carbocycles. The maximum Gasteiger partial charge on any atom is 0.335 e. The Kier molecular flexibility index (Phi) is 5.51. The summed E-state index contributed by atoms with van der Waals surface area (Å²) in [6.45, 7) is 4.05. The van der Waals surface area contributed by atoms with Crippen LogP contribution >= 0.6 is 0 Å². The largest absolute Gasteiger partial charge is 0.478 e. The first-order valence-corrected chi connectivity index (χ1v) is 7.79. The fraction of sp³-hybridized carbons (Fsp3) is 0.158. The maximum atomic E-state index is 11.4. The number of carboxylic acid groups (broad SMARTS) is 2. The molecule has 1 aliphatic rings. The molecule has 1 amide bonds. The average Bonchev–Trinajstić information content (AvgIpc) is 2.85. The molecule has 0 fully saturated rings. The van der Waals surface area contributed by atoms with Crippen LogP contribution in [0.2, 0.25) is 0 Å². The summed E-state index contributed by atoms with van der Waals surface area (Å²) >= 11 is 0. The molecule has 1 aliphatic heterocycles. The van der Waals surface area contributed by atoms with Gasteiger partial charge in [0.2, 0.25) is 0 Å². The Bertz CT molecular complexity index is 870. The van der Waals surface area contributed by atoms with Gasteiger partial charge in [-0.2, -0.15) is 0 Å². The summed E-state index contributed by atoms with van der Waals surface area (Å²) in [5, 5.41) is 17.2. The minimum atomic E-state index is -1.12. The zero-order valence-corrected chi connectivity index (χ0v) is 14.2. The van der Waals surface area contributed by atoms with Crippen LogP contribution < -0.4 is 4.90 Å². The number of hydrogen-bond acceptors (Lipinski definition) is 4. The summed E-state index contributed by atoms with van der Waals surface area (Å²) in [6, 6.07) is 11.1. The van der Waals surface area contributed by atoms with Gasteiger partial charge in [-0.3, -0.25) is 9.59 Å². The van der Waals surface area contributed by atoms with Gasteiger partial charge in [-0.25, -0.2) is 9.59 Å². The first-order chi connectivity index (χ1) is 12.3. The number of carbonyl (C=O) groups is 4. The first-order valence-electron chi connectivity index (χ1n) is 7.79. The van der Waals surface area contributed by atoms with Gasteiger partial charge in [-0.15, -0.1) is 0 Å². The Hall–Kier alpha value is -3.48. The normalized spacial score (nSPS) is 12.3. The van der Waals surface area contributed by atoms with Crippen molar-refractivity contribution in [1.82, 2.24) is 0 Å². The Labute approximate surface area is 149 Å². The molecule has 0 saturated heterocycles. The van der Waals surface area contributed by atoms with Crippen LogP contribution in [-0.4, -0.2) is 40.4 Å². The van der Waals surface area contributed by atoms with Gasteiger partial charge in [-0.05, 0) is 49.7 Å². The van der Waals surface area contributed by atoms with Crippen LogP contribution in [-0.2, 0) is 4.79 Å². The van der Waals surface area contributed by atoms with Gasteiger partial charge in [0.25, 0.3) is 11.7 Å². The predicted molar refractivity (Wildman–Crippen MR) is 93.9 cm³/mol. The number of likely N-dealkylation sites (N-methyl/N-ethyl adjacent to an activating group) is 1. The van der Waals surface area contributed by atoms with Gasteiger partial charge in [0.15, 0.2) is 0 Å². The Morgan fingerprint density at radius 3 is 2.00 bits per heavy atom. The van der Waals surface area contributed by atoms with Gasteiger partial charge >= 0.3 is 11.9 Å². The lowest BCUT2D eigenvalue weighted by Gasteiger charge is -2.12. The second-order valence-electron chi connectivity index (χ2n) is 5.59. The van der Waals surface area contributed by atoms with E-state index in [9.17, 15) is 19.2 Å². The maximum absolute atomic E-state index is 11.4. The number of rotatable bonds is 3. The third-order valence-corrected chi connectivity index (χ3v) is 3.77. The molecule has 7 nitrogen and oxygen atoms in total. The topological polar surface area (TPSA) is 112 Å². The highest BCUT2D eigenvalue weighted by Crippen LogP contribution is 2.27. The van der Waals surface area contributed by atoms with E-state index >= 15 is 0 Å². The fourth-order valence-electron chi connectivity index (χ4n) is 2.59. The molecule has 0 bridgehead atoms. The average molecular weight is 355 g/mol. The monoisotopic (exact) mass is 355 g/mol. The highest BCUT2D eigenvalue weighted by atomic mass is 16.4. The first kappa shape index (κ1) is 18.9. The molecule has 0 atom stereocenters. The molecular formula is C19H17NO6. The number of benzene rings is 2. The number of carboxylic acids is 2. The van der Waals surface area contributed by atoms with Crippen LogP contribution in [0.15, 0.2) is 42.5 Å². The fourth-order valence-corrected chi connectivity index (χ4v) is 2.59. The summed E-state index contributed by atoms with van der Waals surface area (Å²) in [5.41, 5.74) is 1.88. The summed E-state index contributed by atoms with van der Waals surface area (Å²) in [5.74, 6) is -3.04. The molecule has 2 N–H and O–H groups in total. The number of amides is 1. The minimum absolute atomic E-state index is 0.00241. The quantitative estimate of drug-likeness (QED) is 0.819.